The van der Waals surface area contributed by atoms with Crippen LogP contribution >= 0.6 is 0 Å². The molecule has 0 amide bonds. The molecule has 1 aromatic carbocycles. The van der Waals surface area contributed by atoms with E-state index in [0.717, 1.165) is 19.4 Å². The van der Waals surface area contributed by atoms with Gasteiger partial charge in [-0.2, -0.15) is 0 Å². The second-order valence-corrected chi connectivity index (χ2v) is 5.78. The number of aliphatic hydroxyl groups is 1. The van der Waals surface area contributed by atoms with Crippen molar-refractivity contribution in [1.29, 1.82) is 0 Å². The maximum Gasteiger partial charge on any atom is 0.0765 e. The number of rotatable bonds is 3. The summed E-state index contributed by atoms with van der Waals surface area (Å²) in [6, 6.07) is 8.95. The second kappa shape index (κ2) is 5.29. The number of hydrogen-bond acceptors (Lipinski definition) is 3. The van der Waals surface area contributed by atoms with E-state index >= 15 is 0 Å². The average molecular weight is 248 g/mol. The van der Waals surface area contributed by atoms with Crippen LogP contribution in [0, 0.1) is 0 Å². The van der Waals surface area contributed by atoms with Crippen molar-refractivity contribution in [2.24, 2.45) is 0 Å². The summed E-state index contributed by atoms with van der Waals surface area (Å²) in [4.78, 5) is 2.31. The van der Waals surface area contributed by atoms with Crippen molar-refractivity contribution in [3.05, 3.63) is 29.8 Å². The molecule has 0 bridgehead atoms. The van der Waals surface area contributed by atoms with E-state index < -0.39 is 5.60 Å². The minimum absolute atomic E-state index is 0.424. The lowest BCUT2D eigenvalue weighted by molar-refractivity contribution is 0.0873. The fourth-order valence-corrected chi connectivity index (χ4v) is 2.76. The average Bonchev–Trinajstić information content (AvgIpc) is 2.47. The van der Waals surface area contributed by atoms with Crippen LogP contribution in [0.1, 0.15) is 38.3 Å². The van der Waals surface area contributed by atoms with Crippen LogP contribution in [0.5, 0.6) is 0 Å². The summed E-state index contributed by atoms with van der Waals surface area (Å²) < 4.78 is 0. The van der Waals surface area contributed by atoms with Crippen molar-refractivity contribution < 1.29 is 5.11 Å². The molecule has 0 aromatic heterocycles. The monoisotopic (exact) mass is 248 g/mol. The smallest absolute Gasteiger partial charge is 0.0765 e. The Bertz CT molecular complexity index is 398. The summed E-state index contributed by atoms with van der Waals surface area (Å²) in [5.41, 5.74) is 1.95. The predicted octanol–water partition coefficient (Wildman–Crippen LogP) is 2.32. The van der Waals surface area contributed by atoms with Gasteiger partial charge in [-0.05, 0) is 45.4 Å². The van der Waals surface area contributed by atoms with Gasteiger partial charge in [0.1, 0.15) is 0 Å². The molecule has 0 aliphatic carbocycles. The van der Waals surface area contributed by atoms with Gasteiger partial charge >= 0.3 is 0 Å². The van der Waals surface area contributed by atoms with Gasteiger partial charge < -0.3 is 15.3 Å². The van der Waals surface area contributed by atoms with Crippen molar-refractivity contribution >= 4 is 5.69 Å². The molecular weight excluding hydrogens is 224 g/mol. The molecule has 0 fully saturated rings. The normalized spacial score (nSPS) is 20.4. The molecule has 100 valence electrons. The van der Waals surface area contributed by atoms with Gasteiger partial charge in [-0.1, -0.05) is 18.2 Å². The molecule has 0 saturated heterocycles. The Morgan fingerprint density at radius 2 is 2.11 bits per heavy atom. The minimum Gasteiger partial charge on any atom is -0.389 e. The Balaban J connectivity index is 2.33. The third-order valence-electron chi connectivity index (χ3n) is 3.50. The van der Waals surface area contributed by atoms with E-state index in [4.69, 9.17) is 0 Å². The second-order valence-electron chi connectivity index (χ2n) is 5.78. The highest BCUT2D eigenvalue weighted by Crippen LogP contribution is 2.33. The zero-order valence-corrected chi connectivity index (χ0v) is 11.6. The van der Waals surface area contributed by atoms with Crippen LogP contribution in [0.4, 0.5) is 5.69 Å². The van der Waals surface area contributed by atoms with E-state index in [2.05, 4.69) is 34.5 Å². The summed E-state index contributed by atoms with van der Waals surface area (Å²) in [6.07, 6.45) is 2.30. The lowest BCUT2D eigenvalue weighted by Gasteiger charge is -2.31. The number of β-amino-alcohol motifs (C(OH)–C–C–N with tert-alkyl or cyclic N) is 1. The van der Waals surface area contributed by atoms with E-state index in [1.54, 1.807) is 0 Å². The van der Waals surface area contributed by atoms with Gasteiger partial charge in [0.05, 0.1) is 5.60 Å². The lowest BCUT2D eigenvalue weighted by Crippen LogP contribution is -2.39. The zero-order chi connectivity index (χ0) is 13.2. The van der Waals surface area contributed by atoms with Gasteiger partial charge in [-0.3, -0.25) is 0 Å². The lowest BCUT2D eigenvalue weighted by atomic mass is 10.0. The first kappa shape index (κ1) is 13.4. The van der Waals surface area contributed by atoms with Crippen LogP contribution in [0.15, 0.2) is 24.3 Å². The Hall–Kier alpha value is -1.06. The molecule has 1 aromatic rings. The number of anilines is 1. The maximum atomic E-state index is 10.1. The van der Waals surface area contributed by atoms with Gasteiger partial charge in [-0.25, -0.2) is 0 Å². The molecule has 0 spiro atoms. The molecule has 1 aliphatic heterocycles. The van der Waals surface area contributed by atoms with Crippen LogP contribution in [0.25, 0.3) is 0 Å². The Morgan fingerprint density at radius 1 is 1.39 bits per heavy atom. The topological polar surface area (TPSA) is 35.5 Å². The van der Waals surface area contributed by atoms with E-state index in [0.29, 0.717) is 12.6 Å². The van der Waals surface area contributed by atoms with Gasteiger partial charge in [0.15, 0.2) is 0 Å². The van der Waals surface area contributed by atoms with Gasteiger partial charge in [0.25, 0.3) is 0 Å². The molecule has 3 heteroatoms. The number of fused-ring (bicyclic) bond motifs is 1. The van der Waals surface area contributed by atoms with Gasteiger partial charge in [-0.15, -0.1) is 0 Å². The van der Waals surface area contributed by atoms with E-state index in [1.807, 2.05) is 20.9 Å². The summed E-state index contributed by atoms with van der Waals surface area (Å²) in [5.74, 6) is 0. The first-order valence-corrected chi connectivity index (χ1v) is 6.75. The third-order valence-corrected chi connectivity index (χ3v) is 3.50. The number of para-hydroxylation sites is 1. The number of nitrogens with zero attached hydrogens (tertiary/aromatic N) is 1. The van der Waals surface area contributed by atoms with Crippen LogP contribution in [-0.4, -0.2) is 30.8 Å². The standard InChI is InChI=1S/C15H24N2O/c1-15(2,18)11-17-10-6-8-13(16-3)12-7-4-5-9-14(12)17/h4-5,7,9,13,16,18H,6,8,10-11H2,1-3H3. The fourth-order valence-electron chi connectivity index (χ4n) is 2.76. The molecule has 1 aliphatic rings. The summed E-state index contributed by atoms with van der Waals surface area (Å²) in [5, 5.41) is 13.4. The summed E-state index contributed by atoms with van der Waals surface area (Å²) in [6.45, 7) is 5.44. The van der Waals surface area contributed by atoms with E-state index in [-0.39, 0.29) is 0 Å². The fraction of sp³-hybridized carbons (Fsp3) is 0.600. The molecule has 2 rings (SSSR count). The summed E-state index contributed by atoms with van der Waals surface area (Å²) in [7, 11) is 2.02. The molecule has 1 unspecified atom stereocenters. The number of hydrogen-bond donors (Lipinski definition) is 2. The minimum atomic E-state index is -0.660. The van der Waals surface area contributed by atoms with Crippen molar-refractivity contribution in [3.63, 3.8) is 0 Å². The highest BCUT2D eigenvalue weighted by atomic mass is 16.3. The first-order chi connectivity index (χ1) is 8.51. The van der Waals surface area contributed by atoms with Crippen molar-refractivity contribution in [2.45, 2.75) is 38.3 Å². The molecule has 1 heterocycles. The molecule has 0 radical (unpaired) electrons. The van der Waals surface area contributed by atoms with E-state index in [1.165, 1.54) is 11.3 Å². The van der Waals surface area contributed by atoms with Crippen LogP contribution in [0.3, 0.4) is 0 Å². The highest BCUT2D eigenvalue weighted by Gasteiger charge is 2.25. The maximum absolute atomic E-state index is 10.1. The highest BCUT2D eigenvalue weighted by molar-refractivity contribution is 5.56. The molecule has 3 nitrogen and oxygen atoms in total. The molecular formula is C15H24N2O. The van der Waals surface area contributed by atoms with Gasteiger partial charge in [0, 0.05) is 24.8 Å². The van der Waals surface area contributed by atoms with Crippen molar-refractivity contribution in [1.82, 2.24) is 5.32 Å². The largest absolute Gasteiger partial charge is 0.389 e. The quantitative estimate of drug-likeness (QED) is 0.861. The zero-order valence-electron chi connectivity index (χ0n) is 11.6. The number of nitrogens with one attached hydrogen (secondary N) is 1. The van der Waals surface area contributed by atoms with Crippen LogP contribution in [0.2, 0.25) is 0 Å². The predicted molar refractivity (Wildman–Crippen MR) is 76.0 cm³/mol. The summed E-state index contributed by atoms with van der Waals surface area (Å²) >= 11 is 0. The molecule has 2 N–H and O–H groups in total. The van der Waals surface area contributed by atoms with Crippen molar-refractivity contribution in [2.75, 3.05) is 25.0 Å². The van der Waals surface area contributed by atoms with Crippen LogP contribution < -0.4 is 10.2 Å². The van der Waals surface area contributed by atoms with Gasteiger partial charge in [0.2, 0.25) is 0 Å². The molecule has 0 saturated carbocycles. The Kier molecular flexibility index (Phi) is 3.93. The Morgan fingerprint density at radius 3 is 2.78 bits per heavy atom. The SMILES string of the molecule is CNC1CCCN(CC(C)(C)O)c2ccccc21. The number of benzene rings is 1. The van der Waals surface area contributed by atoms with Crippen molar-refractivity contribution in [3.8, 4) is 0 Å². The van der Waals surface area contributed by atoms with E-state index in [9.17, 15) is 5.11 Å². The van der Waals surface area contributed by atoms with Crippen LogP contribution in [-0.2, 0) is 0 Å². The first-order valence-electron chi connectivity index (χ1n) is 6.75. The third kappa shape index (κ3) is 3.03. The molecule has 1 atom stereocenters. The Labute approximate surface area is 110 Å². The molecule has 18 heavy (non-hydrogen) atoms.